The van der Waals surface area contributed by atoms with E-state index >= 15 is 0 Å². The largest absolute Gasteiger partial charge is 0.294 e. The molecule has 66 valence electrons. The monoisotopic (exact) mass is 178 g/mol. The minimum Gasteiger partial charge on any atom is -0.294 e. The van der Waals surface area contributed by atoms with Gasteiger partial charge in [-0.25, -0.2) is 4.39 Å². The second kappa shape index (κ2) is 3.76. The Morgan fingerprint density at radius 3 is 3.00 bits per heavy atom. The van der Waals surface area contributed by atoms with Crippen molar-refractivity contribution in [1.29, 1.82) is 5.26 Å². The number of pyridine rings is 1. The SMILES string of the molecule is CC(=O)c1ccnc(CC#N)c1F. The number of nitrogens with zero attached hydrogens (tertiary/aromatic N) is 2. The summed E-state index contributed by atoms with van der Waals surface area (Å²) in [6, 6.07) is 3.08. The van der Waals surface area contributed by atoms with E-state index in [1.807, 2.05) is 0 Å². The molecular formula is C9H7FN2O. The molecule has 0 aliphatic carbocycles. The average Bonchev–Trinajstić information content (AvgIpc) is 2.08. The van der Waals surface area contributed by atoms with Gasteiger partial charge in [0.1, 0.15) is 0 Å². The predicted molar refractivity (Wildman–Crippen MR) is 43.5 cm³/mol. The van der Waals surface area contributed by atoms with Crippen LogP contribution in [0.5, 0.6) is 0 Å². The van der Waals surface area contributed by atoms with Crippen molar-refractivity contribution in [2.45, 2.75) is 13.3 Å². The molecular weight excluding hydrogens is 171 g/mol. The summed E-state index contributed by atoms with van der Waals surface area (Å²) in [5.74, 6) is -1.05. The molecule has 1 rings (SSSR count). The Kier molecular flexibility index (Phi) is 2.70. The van der Waals surface area contributed by atoms with Gasteiger partial charge in [0, 0.05) is 6.20 Å². The number of nitriles is 1. The van der Waals surface area contributed by atoms with Crippen molar-refractivity contribution in [3.63, 3.8) is 0 Å². The zero-order valence-corrected chi connectivity index (χ0v) is 7.04. The summed E-state index contributed by atoms with van der Waals surface area (Å²) in [6.07, 6.45) is 1.21. The smallest absolute Gasteiger partial charge is 0.162 e. The quantitative estimate of drug-likeness (QED) is 0.644. The van der Waals surface area contributed by atoms with Crippen LogP contribution >= 0.6 is 0 Å². The number of carbonyl (C=O) groups is 1. The lowest BCUT2D eigenvalue weighted by Crippen LogP contribution is -2.02. The minimum atomic E-state index is -0.684. The molecule has 0 atom stereocenters. The lowest BCUT2D eigenvalue weighted by molar-refractivity contribution is 0.101. The number of Topliss-reactive ketones (excluding diaryl/α,β-unsaturated/α-hetero) is 1. The van der Waals surface area contributed by atoms with Gasteiger partial charge in [-0.15, -0.1) is 0 Å². The van der Waals surface area contributed by atoms with Gasteiger partial charge in [0.15, 0.2) is 11.6 Å². The highest BCUT2D eigenvalue weighted by Gasteiger charge is 2.11. The molecule has 0 aromatic carbocycles. The number of hydrogen-bond donors (Lipinski definition) is 0. The van der Waals surface area contributed by atoms with Crippen LogP contribution in [0, 0.1) is 17.1 Å². The van der Waals surface area contributed by atoms with Crippen molar-refractivity contribution in [3.8, 4) is 6.07 Å². The van der Waals surface area contributed by atoms with E-state index in [9.17, 15) is 9.18 Å². The second-order valence-electron chi connectivity index (χ2n) is 2.51. The molecule has 0 aliphatic rings. The first-order valence-electron chi connectivity index (χ1n) is 3.68. The number of hydrogen-bond acceptors (Lipinski definition) is 3. The van der Waals surface area contributed by atoms with Gasteiger partial charge in [-0.1, -0.05) is 0 Å². The van der Waals surface area contributed by atoms with Gasteiger partial charge in [-0.2, -0.15) is 5.26 Å². The fraction of sp³-hybridized carbons (Fsp3) is 0.222. The lowest BCUT2D eigenvalue weighted by atomic mass is 10.1. The van der Waals surface area contributed by atoms with E-state index in [2.05, 4.69) is 4.98 Å². The maximum Gasteiger partial charge on any atom is 0.162 e. The molecule has 0 aliphatic heterocycles. The van der Waals surface area contributed by atoms with Crippen LogP contribution in [-0.4, -0.2) is 10.8 Å². The molecule has 0 bridgehead atoms. The third kappa shape index (κ3) is 1.88. The van der Waals surface area contributed by atoms with Crippen LogP contribution in [0.4, 0.5) is 4.39 Å². The molecule has 0 fully saturated rings. The first kappa shape index (κ1) is 9.33. The van der Waals surface area contributed by atoms with E-state index < -0.39 is 5.82 Å². The first-order valence-corrected chi connectivity index (χ1v) is 3.68. The van der Waals surface area contributed by atoms with Gasteiger partial charge in [0.2, 0.25) is 0 Å². The van der Waals surface area contributed by atoms with Crippen LogP contribution in [0.15, 0.2) is 12.3 Å². The molecule has 0 unspecified atom stereocenters. The lowest BCUT2D eigenvalue weighted by Gasteiger charge is -2.00. The Hall–Kier alpha value is -1.76. The molecule has 1 heterocycles. The molecule has 13 heavy (non-hydrogen) atoms. The topological polar surface area (TPSA) is 53.8 Å². The molecule has 0 N–H and O–H groups in total. The van der Waals surface area contributed by atoms with Crippen LogP contribution < -0.4 is 0 Å². The molecule has 0 saturated heterocycles. The first-order chi connectivity index (χ1) is 6.16. The molecule has 0 spiro atoms. The van der Waals surface area contributed by atoms with E-state index in [4.69, 9.17) is 5.26 Å². The normalized spacial score (nSPS) is 9.31. The predicted octanol–water partition coefficient (Wildman–Crippen LogP) is 1.49. The van der Waals surface area contributed by atoms with Crippen molar-refractivity contribution in [3.05, 3.63) is 29.3 Å². The zero-order chi connectivity index (χ0) is 9.84. The summed E-state index contributed by atoms with van der Waals surface area (Å²) in [5.41, 5.74) is 0.00968. The average molecular weight is 178 g/mol. The minimum absolute atomic E-state index is 0.0137. The number of halogens is 1. The van der Waals surface area contributed by atoms with Crippen molar-refractivity contribution in [2.24, 2.45) is 0 Å². The third-order valence-corrected chi connectivity index (χ3v) is 1.59. The Bertz CT molecular complexity index is 382. The number of ketones is 1. The fourth-order valence-electron chi connectivity index (χ4n) is 0.957. The van der Waals surface area contributed by atoms with Gasteiger partial charge >= 0.3 is 0 Å². The second-order valence-corrected chi connectivity index (χ2v) is 2.51. The number of rotatable bonds is 2. The van der Waals surface area contributed by atoms with Gasteiger partial charge in [0.25, 0.3) is 0 Å². The summed E-state index contributed by atoms with van der Waals surface area (Å²) >= 11 is 0. The van der Waals surface area contributed by atoms with Crippen LogP contribution in [-0.2, 0) is 6.42 Å². The maximum absolute atomic E-state index is 13.3. The number of aromatic nitrogens is 1. The van der Waals surface area contributed by atoms with Crippen LogP contribution in [0.25, 0.3) is 0 Å². The molecule has 0 amide bonds. The van der Waals surface area contributed by atoms with E-state index in [1.165, 1.54) is 19.2 Å². The highest BCUT2D eigenvalue weighted by Crippen LogP contribution is 2.10. The Morgan fingerprint density at radius 1 is 1.77 bits per heavy atom. The summed E-state index contributed by atoms with van der Waals surface area (Å²) in [6.45, 7) is 1.27. The Balaban J connectivity index is 3.20. The van der Waals surface area contributed by atoms with E-state index in [-0.39, 0.29) is 23.5 Å². The molecule has 1 aromatic rings. The van der Waals surface area contributed by atoms with Crippen LogP contribution in [0.1, 0.15) is 23.0 Å². The van der Waals surface area contributed by atoms with E-state index in [0.717, 1.165) is 0 Å². The van der Waals surface area contributed by atoms with Crippen molar-refractivity contribution in [1.82, 2.24) is 4.98 Å². The van der Waals surface area contributed by atoms with Gasteiger partial charge in [0.05, 0.1) is 23.7 Å². The van der Waals surface area contributed by atoms with Crippen LogP contribution in [0.2, 0.25) is 0 Å². The molecule has 0 saturated carbocycles. The highest BCUT2D eigenvalue weighted by atomic mass is 19.1. The third-order valence-electron chi connectivity index (χ3n) is 1.59. The fourth-order valence-corrected chi connectivity index (χ4v) is 0.957. The maximum atomic E-state index is 13.3. The van der Waals surface area contributed by atoms with Crippen molar-refractivity contribution in [2.75, 3.05) is 0 Å². The van der Waals surface area contributed by atoms with Crippen molar-refractivity contribution < 1.29 is 9.18 Å². The van der Waals surface area contributed by atoms with Gasteiger partial charge in [-0.3, -0.25) is 9.78 Å². The van der Waals surface area contributed by atoms with E-state index in [1.54, 1.807) is 6.07 Å². The molecule has 3 nitrogen and oxygen atoms in total. The van der Waals surface area contributed by atoms with E-state index in [0.29, 0.717) is 0 Å². The Labute approximate surface area is 74.8 Å². The summed E-state index contributed by atoms with van der Waals surface area (Å²) < 4.78 is 13.3. The zero-order valence-electron chi connectivity index (χ0n) is 7.04. The summed E-state index contributed by atoms with van der Waals surface area (Å²) in [4.78, 5) is 14.5. The van der Waals surface area contributed by atoms with Gasteiger partial charge in [-0.05, 0) is 13.0 Å². The molecule has 4 heteroatoms. The number of carbonyl (C=O) groups excluding carboxylic acids is 1. The summed E-state index contributed by atoms with van der Waals surface area (Å²) in [5, 5.41) is 8.33. The van der Waals surface area contributed by atoms with Crippen molar-refractivity contribution >= 4 is 5.78 Å². The van der Waals surface area contributed by atoms with Crippen LogP contribution in [0.3, 0.4) is 0 Å². The molecule has 1 aromatic heterocycles. The molecule has 0 radical (unpaired) electrons. The Morgan fingerprint density at radius 2 is 2.46 bits per heavy atom. The van der Waals surface area contributed by atoms with Gasteiger partial charge < -0.3 is 0 Å². The summed E-state index contributed by atoms with van der Waals surface area (Å²) in [7, 11) is 0. The highest BCUT2D eigenvalue weighted by molar-refractivity contribution is 5.94. The standard InChI is InChI=1S/C9H7FN2O/c1-6(13)7-3-5-12-8(2-4-11)9(7)10/h3,5H,2H2,1H3.